The Bertz CT molecular complexity index is 757. The van der Waals surface area contributed by atoms with Gasteiger partial charge in [0.05, 0.1) is 5.56 Å². The lowest BCUT2D eigenvalue weighted by Crippen LogP contribution is -2.39. The van der Waals surface area contributed by atoms with E-state index in [0.717, 1.165) is 19.6 Å². The predicted octanol–water partition coefficient (Wildman–Crippen LogP) is 3.85. The smallest absolute Gasteiger partial charge is 0.252 e. The summed E-state index contributed by atoms with van der Waals surface area (Å²) < 4.78 is 0. The Morgan fingerprint density at radius 3 is 2.59 bits per heavy atom. The molecule has 0 saturated carbocycles. The van der Waals surface area contributed by atoms with E-state index in [1.807, 2.05) is 0 Å². The Labute approximate surface area is 162 Å². The number of carbonyl (C=O) groups excluding carboxylic acids is 1. The first kappa shape index (κ1) is 19.3. The normalized spacial score (nSPS) is 15.9. The first-order valence-electron chi connectivity index (χ1n) is 9.78. The number of rotatable bonds is 6. The third-order valence-corrected chi connectivity index (χ3v) is 5.35. The monoisotopic (exact) mass is 363 g/mol. The number of likely N-dealkylation sites (tertiary alicyclic amines) is 1. The minimum Gasteiger partial charge on any atom is -0.351 e. The van der Waals surface area contributed by atoms with Crippen LogP contribution in [-0.2, 0) is 0 Å². The van der Waals surface area contributed by atoms with Gasteiger partial charge in [0.25, 0.3) is 5.91 Å². The first-order chi connectivity index (χ1) is 13.1. The molecule has 27 heavy (non-hydrogen) atoms. The highest BCUT2D eigenvalue weighted by atomic mass is 16.1. The molecule has 0 spiro atoms. The summed E-state index contributed by atoms with van der Waals surface area (Å²) in [5.41, 5.74) is 4.66. The average molecular weight is 364 g/mol. The maximum absolute atomic E-state index is 12.0. The molecule has 0 atom stereocenters. The highest BCUT2D eigenvalue weighted by molar-refractivity contribution is 5.93. The zero-order valence-corrected chi connectivity index (χ0v) is 16.3. The molecule has 0 radical (unpaired) electrons. The molecule has 0 unspecified atom stereocenters. The van der Waals surface area contributed by atoms with Crippen LogP contribution >= 0.6 is 0 Å². The summed E-state index contributed by atoms with van der Waals surface area (Å²) in [6.45, 7) is 8.11. The molecule has 1 N–H and O–H groups in total. The number of amides is 1. The number of hydrogen-bond donors (Lipinski definition) is 1. The van der Waals surface area contributed by atoms with E-state index < -0.39 is 0 Å². The standard InChI is InChI=1S/C23H29N3O/c1-18-5-3-6-19(2)22(18)9-8-20-10-14-26(15-11-20)16-13-25-23(27)21-7-4-12-24-17-21/h3-9,12,17,20H,10-11,13-16H2,1-2H3,(H,25,27). The van der Waals surface area contributed by atoms with Gasteiger partial charge in [-0.3, -0.25) is 9.78 Å². The maximum Gasteiger partial charge on any atom is 0.252 e. The van der Waals surface area contributed by atoms with Gasteiger partial charge in [0.1, 0.15) is 0 Å². The van der Waals surface area contributed by atoms with Crippen LogP contribution < -0.4 is 5.32 Å². The Morgan fingerprint density at radius 1 is 1.19 bits per heavy atom. The van der Waals surface area contributed by atoms with E-state index in [1.165, 1.54) is 29.5 Å². The van der Waals surface area contributed by atoms with Gasteiger partial charge in [-0.05, 0) is 74.5 Å². The number of allylic oxidation sites excluding steroid dienone is 1. The zero-order chi connectivity index (χ0) is 19.1. The van der Waals surface area contributed by atoms with Crippen molar-refractivity contribution in [1.82, 2.24) is 15.2 Å². The van der Waals surface area contributed by atoms with Crippen LogP contribution in [0.3, 0.4) is 0 Å². The van der Waals surface area contributed by atoms with Crippen LogP contribution in [0.5, 0.6) is 0 Å². The second kappa shape index (κ2) is 9.47. The molecule has 1 aliphatic heterocycles. The van der Waals surface area contributed by atoms with Crippen LogP contribution in [0.4, 0.5) is 0 Å². The highest BCUT2D eigenvalue weighted by Gasteiger charge is 2.17. The van der Waals surface area contributed by atoms with Crippen molar-refractivity contribution < 1.29 is 4.79 Å². The second-order valence-corrected chi connectivity index (χ2v) is 7.34. The highest BCUT2D eigenvalue weighted by Crippen LogP contribution is 2.21. The Morgan fingerprint density at radius 2 is 1.93 bits per heavy atom. The Hall–Kier alpha value is -2.46. The molecule has 2 heterocycles. The van der Waals surface area contributed by atoms with Gasteiger partial charge in [-0.2, -0.15) is 0 Å². The van der Waals surface area contributed by atoms with Crippen molar-refractivity contribution in [2.45, 2.75) is 26.7 Å². The molecule has 0 aliphatic carbocycles. The van der Waals surface area contributed by atoms with Gasteiger partial charge in [-0.25, -0.2) is 0 Å². The molecular weight excluding hydrogens is 334 g/mol. The van der Waals surface area contributed by atoms with Crippen LogP contribution in [0.1, 0.15) is 39.9 Å². The quantitative estimate of drug-likeness (QED) is 0.848. The van der Waals surface area contributed by atoms with Crippen LogP contribution in [0.2, 0.25) is 0 Å². The predicted molar refractivity (Wildman–Crippen MR) is 111 cm³/mol. The summed E-state index contributed by atoms with van der Waals surface area (Å²) in [5.74, 6) is 0.597. The van der Waals surface area contributed by atoms with E-state index in [2.05, 4.69) is 59.4 Å². The Kier molecular flexibility index (Phi) is 6.77. The van der Waals surface area contributed by atoms with Crippen molar-refractivity contribution in [3.8, 4) is 0 Å². The lowest BCUT2D eigenvalue weighted by molar-refractivity contribution is 0.0945. The summed E-state index contributed by atoms with van der Waals surface area (Å²) in [6, 6.07) is 10.0. The molecule has 1 amide bonds. The summed E-state index contributed by atoms with van der Waals surface area (Å²) >= 11 is 0. The van der Waals surface area contributed by atoms with Crippen molar-refractivity contribution in [2.75, 3.05) is 26.2 Å². The van der Waals surface area contributed by atoms with Gasteiger partial charge in [-0.1, -0.05) is 30.4 Å². The number of hydrogen-bond acceptors (Lipinski definition) is 3. The summed E-state index contributed by atoms with van der Waals surface area (Å²) in [5, 5.41) is 2.98. The van der Waals surface area contributed by atoms with E-state index in [0.29, 0.717) is 18.0 Å². The Balaban J connectivity index is 1.40. The minimum absolute atomic E-state index is 0.0467. The largest absolute Gasteiger partial charge is 0.351 e. The van der Waals surface area contributed by atoms with Crippen LogP contribution in [0.15, 0.2) is 48.8 Å². The fourth-order valence-electron chi connectivity index (χ4n) is 3.62. The molecule has 1 aromatic carbocycles. The minimum atomic E-state index is -0.0467. The summed E-state index contributed by atoms with van der Waals surface area (Å²) in [7, 11) is 0. The molecule has 1 saturated heterocycles. The van der Waals surface area contributed by atoms with Crippen molar-refractivity contribution in [3.63, 3.8) is 0 Å². The van der Waals surface area contributed by atoms with E-state index in [-0.39, 0.29) is 5.91 Å². The van der Waals surface area contributed by atoms with Crippen LogP contribution in [0.25, 0.3) is 6.08 Å². The first-order valence-corrected chi connectivity index (χ1v) is 9.78. The SMILES string of the molecule is Cc1cccc(C)c1C=CC1CCN(CCNC(=O)c2cccnc2)CC1. The van der Waals surface area contributed by atoms with Crippen molar-refractivity contribution in [1.29, 1.82) is 0 Å². The number of carbonyl (C=O) groups is 1. The number of nitrogens with one attached hydrogen (secondary N) is 1. The molecule has 0 bridgehead atoms. The zero-order valence-electron chi connectivity index (χ0n) is 16.3. The summed E-state index contributed by atoms with van der Waals surface area (Å²) in [4.78, 5) is 18.5. The van der Waals surface area contributed by atoms with Crippen molar-refractivity contribution >= 4 is 12.0 Å². The molecule has 1 fully saturated rings. The third kappa shape index (κ3) is 5.51. The average Bonchev–Trinajstić information content (AvgIpc) is 2.69. The van der Waals surface area contributed by atoms with Gasteiger partial charge in [-0.15, -0.1) is 0 Å². The molecule has 2 aromatic rings. The van der Waals surface area contributed by atoms with Gasteiger partial charge in [0.15, 0.2) is 0 Å². The van der Waals surface area contributed by atoms with Crippen LogP contribution in [0, 0.1) is 19.8 Å². The van der Waals surface area contributed by atoms with Gasteiger partial charge in [0, 0.05) is 25.5 Å². The number of benzene rings is 1. The number of aryl methyl sites for hydroxylation is 2. The molecular formula is C23H29N3O. The molecule has 4 heteroatoms. The maximum atomic E-state index is 12.0. The van der Waals surface area contributed by atoms with Gasteiger partial charge < -0.3 is 10.2 Å². The van der Waals surface area contributed by atoms with Crippen molar-refractivity contribution in [2.24, 2.45) is 5.92 Å². The lowest BCUT2D eigenvalue weighted by atomic mass is 9.94. The molecule has 142 valence electrons. The molecule has 3 rings (SSSR count). The fraction of sp³-hybridized carbons (Fsp3) is 0.391. The van der Waals surface area contributed by atoms with Gasteiger partial charge in [0.2, 0.25) is 0 Å². The fourth-order valence-corrected chi connectivity index (χ4v) is 3.62. The molecule has 1 aromatic heterocycles. The van der Waals surface area contributed by atoms with Gasteiger partial charge >= 0.3 is 0 Å². The summed E-state index contributed by atoms with van der Waals surface area (Å²) in [6.07, 6.45) is 10.3. The topological polar surface area (TPSA) is 45.2 Å². The number of piperidine rings is 1. The number of aromatic nitrogens is 1. The van der Waals surface area contributed by atoms with Crippen LogP contribution in [-0.4, -0.2) is 42.0 Å². The molecule has 1 aliphatic rings. The number of nitrogens with zero attached hydrogens (tertiary/aromatic N) is 2. The van der Waals surface area contributed by atoms with Crippen molar-refractivity contribution in [3.05, 3.63) is 71.1 Å². The lowest BCUT2D eigenvalue weighted by Gasteiger charge is -2.30. The number of pyridine rings is 1. The molecule has 4 nitrogen and oxygen atoms in total. The third-order valence-electron chi connectivity index (χ3n) is 5.35. The second-order valence-electron chi connectivity index (χ2n) is 7.34. The van der Waals surface area contributed by atoms with E-state index in [4.69, 9.17) is 0 Å². The van der Waals surface area contributed by atoms with E-state index >= 15 is 0 Å². The van der Waals surface area contributed by atoms with E-state index in [9.17, 15) is 4.79 Å². The van der Waals surface area contributed by atoms with E-state index in [1.54, 1.807) is 24.5 Å².